The molecule has 3 N–H and O–H groups in total. The molecule has 0 saturated heterocycles. The minimum Gasteiger partial charge on any atom is -0.271 e. The second kappa shape index (κ2) is 8.06. The molecule has 0 saturated carbocycles. The van der Waals surface area contributed by atoms with Crippen molar-refractivity contribution in [1.29, 1.82) is 0 Å². The Morgan fingerprint density at radius 2 is 1.95 bits per heavy atom. The van der Waals surface area contributed by atoms with E-state index in [4.69, 9.17) is 29.0 Å². The maximum atomic E-state index is 6.21. The fourth-order valence-corrected chi connectivity index (χ4v) is 3.49. The molecule has 2 aromatic carbocycles. The lowest BCUT2D eigenvalue weighted by Crippen LogP contribution is -2.38. The van der Waals surface area contributed by atoms with Crippen molar-refractivity contribution in [3.8, 4) is 0 Å². The number of hydrogen-bond acceptors (Lipinski definition) is 3. The number of rotatable bonds is 6. The molecule has 2 nitrogen and oxygen atoms in total. The van der Waals surface area contributed by atoms with E-state index in [0.29, 0.717) is 5.02 Å². The lowest BCUT2D eigenvalue weighted by Gasteiger charge is -2.17. The van der Waals surface area contributed by atoms with Gasteiger partial charge in [0.15, 0.2) is 0 Å². The molecule has 0 aromatic heterocycles. The van der Waals surface area contributed by atoms with Gasteiger partial charge in [0.2, 0.25) is 0 Å². The summed E-state index contributed by atoms with van der Waals surface area (Å²) in [6, 6.07) is 14.0. The van der Waals surface area contributed by atoms with Crippen molar-refractivity contribution in [2.45, 2.75) is 24.3 Å². The molecular formula is C16H18Cl2N2S. The van der Waals surface area contributed by atoms with Crippen LogP contribution in [-0.2, 0) is 6.42 Å². The first-order valence-corrected chi connectivity index (χ1v) is 8.43. The van der Waals surface area contributed by atoms with Crippen LogP contribution in [0, 0.1) is 6.92 Å². The van der Waals surface area contributed by atoms with Crippen LogP contribution in [0.15, 0.2) is 47.4 Å². The lowest BCUT2D eigenvalue weighted by atomic mass is 10.1. The average Bonchev–Trinajstić information content (AvgIpc) is 2.48. The van der Waals surface area contributed by atoms with Crippen molar-refractivity contribution < 1.29 is 0 Å². The molecule has 0 radical (unpaired) electrons. The van der Waals surface area contributed by atoms with Crippen LogP contribution >= 0.6 is 35.0 Å². The highest BCUT2D eigenvalue weighted by Gasteiger charge is 2.12. The second-order valence-electron chi connectivity index (χ2n) is 4.88. The molecule has 112 valence electrons. The van der Waals surface area contributed by atoms with E-state index < -0.39 is 0 Å². The van der Waals surface area contributed by atoms with Crippen molar-refractivity contribution in [2.24, 2.45) is 5.84 Å². The van der Waals surface area contributed by atoms with Gasteiger partial charge in [0, 0.05) is 26.7 Å². The quantitative estimate of drug-likeness (QED) is 0.463. The number of hydrazine groups is 1. The Morgan fingerprint density at radius 1 is 1.19 bits per heavy atom. The first-order valence-electron chi connectivity index (χ1n) is 6.68. The third-order valence-electron chi connectivity index (χ3n) is 3.24. The number of hydrogen-bond donors (Lipinski definition) is 2. The highest BCUT2D eigenvalue weighted by atomic mass is 35.5. The molecule has 0 heterocycles. The van der Waals surface area contributed by atoms with Gasteiger partial charge >= 0.3 is 0 Å². The van der Waals surface area contributed by atoms with Crippen LogP contribution in [0.5, 0.6) is 0 Å². The predicted molar refractivity (Wildman–Crippen MR) is 93.2 cm³/mol. The Balaban J connectivity index is 2.00. The van der Waals surface area contributed by atoms with Crippen molar-refractivity contribution in [3.05, 3.63) is 63.6 Å². The van der Waals surface area contributed by atoms with Crippen LogP contribution in [-0.4, -0.2) is 11.8 Å². The van der Waals surface area contributed by atoms with Gasteiger partial charge in [-0.15, -0.1) is 11.8 Å². The van der Waals surface area contributed by atoms with Crippen LogP contribution in [0.25, 0.3) is 0 Å². The van der Waals surface area contributed by atoms with Gasteiger partial charge in [0.1, 0.15) is 0 Å². The first-order chi connectivity index (χ1) is 10.1. The highest BCUT2D eigenvalue weighted by molar-refractivity contribution is 7.99. The summed E-state index contributed by atoms with van der Waals surface area (Å²) in [4.78, 5) is 1.27. The molecule has 0 bridgehead atoms. The van der Waals surface area contributed by atoms with Gasteiger partial charge in [-0.3, -0.25) is 11.3 Å². The van der Waals surface area contributed by atoms with E-state index in [1.807, 2.05) is 24.3 Å². The summed E-state index contributed by atoms with van der Waals surface area (Å²) in [5.41, 5.74) is 5.15. The second-order valence-corrected chi connectivity index (χ2v) is 6.79. The molecule has 2 rings (SSSR count). The SMILES string of the molecule is Cc1ccccc1SCC(Cc1cc(Cl)ccc1Cl)NN. The largest absolute Gasteiger partial charge is 0.271 e. The third kappa shape index (κ3) is 4.90. The summed E-state index contributed by atoms with van der Waals surface area (Å²) in [6.45, 7) is 2.11. The number of thioether (sulfide) groups is 1. The summed E-state index contributed by atoms with van der Waals surface area (Å²) in [7, 11) is 0. The summed E-state index contributed by atoms with van der Waals surface area (Å²) >= 11 is 14.0. The van der Waals surface area contributed by atoms with Crippen molar-refractivity contribution in [3.63, 3.8) is 0 Å². The smallest absolute Gasteiger partial charge is 0.0439 e. The van der Waals surface area contributed by atoms with E-state index in [1.54, 1.807) is 17.8 Å². The Kier molecular flexibility index (Phi) is 6.40. The molecule has 0 spiro atoms. The fourth-order valence-electron chi connectivity index (χ4n) is 2.04. The van der Waals surface area contributed by atoms with Gasteiger partial charge in [-0.05, 0) is 48.7 Å². The molecule has 21 heavy (non-hydrogen) atoms. The summed E-state index contributed by atoms with van der Waals surface area (Å²) < 4.78 is 0. The maximum absolute atomic E-state index is 6.21. The van der Waals surface area contributed by atoms with Crippen molar-refractivity contribution in [2.75, 3.05) is 5.75 Å². The topological polar surface area (TPSA) is 38.0 Å². The molecule has 0 amide bonds. The number of aryl methyl sites for hydroxylation is 1. The highest BCUT2D eigenvalue weighted by Crippen LogP contribution is 2.25. The van der Waals surface area contributed by atoms with Crippen LogP contribution in [0.1, 0.15) is 11.1 Å². The van der Waals surface area contributed by atoms with Crippen molar-refractivity contribution in [1.82, 2.24) is 5.43 Å². The summed E-state index contributed by atoms with van der Waals surface area (Å²) in [5, 5.41) is 1.41. The van der Waals surface area contributed by atoms with Gasteiger partial charge in [-0.1, -0.05) is 41.4 Å². The molecule has 0 fully saturated rings. The van der Waals surface area contributed by atoms with Gasteiger partial charge in [-0.2, -0.15) is 0 Å². The van der Waals surface area contributed by atoms with E-state index in [9.17, 15) is 0 Å². The molecule has 2 aromatic rings. The number of nitrogens with two attached hydrogens (primary N) is 1. The van der Waals surface area contributed by atoms with Crippen molar-refractivity contribution >= 4 is 35.0 Å². The molecule has 0 aliphatic rings. The Bertz CT molecular complexity index is 605. The van der Waals surface area contributed by atoms with Crippen LogP contribution in [0.3, 0.4) is 0 Å². The van der Waals surface area contributed by atoms with E-state index in [2.05, 4.69) is 24.5 Å². The van der Waals surface area contributed by atoms with Crippen LogP contribution in [0.2, 0.25) is 10.0 Å². The zero-order valence-electron chi connectivity index (χ0n) is 11.8. The molecule has 0 aliphatic heterocycles. The van der Waals surface area contributed by atoms with Gasteiger partial charge in [0.05, 0.1) is 0 Å². The molecule has 1 unspecified atom stereocenters. The third-order valence-corrected chi connectivity index (χ3v) is 5.19. The molecule has 1 atom stereocenters. The van der Waals surface area contributed by atoms with E-state index in [0.717, 1.165) is 22.8 Å². The maximum Gasteiger partial charge on any atom is 0.0439 e. The number of benzene rings is 2. The van der Waals surface area contributed by atoms with Crippen LogP contribution in [0.4, 0.5) is 0 Å². The molecule has 0 aliphatic carbocycles. The zero-order valence-corrected chi connectivity index (χ0v) is 14.1. The predicted octanol–water partition coefficient (Wildman–Crippen LogP) is 4.47. The van der Waals surface area contributed by atoms with Gasteiger partial charge in [-0.25, -0.2) is 0 Å². The minimum atomic E-state index is 0.130. The molecular weight excluding hydrogens is 323 g/mol. The van der Waals surface area contributed by atoms with E-state index in [1.165, 1.54) is 10.5 Å². The average molecular weight is 341 g/mol. The Hall–Kier alpha value is -0.710. The Morgan fingerprint density at radius 3 is 2.67 bits per heavy atom. The first kappa shape index (κ1) is 16.7. The minimum absolute atomic E-state index is 0.130. The summed E-state index contributed by atoms with van der Waals surface area (Å²) in [5.74, 6) is 6.54. The monoisotopic (exact) mass is 340 g/mol. The standard InChI is InChI=1S/C16H18Cl2N2S/c1-11-4-2-3-5-16(11)21-10-14(20-19)9-12-8-13(17)6-7-15(12)18/h2-8,14,20H,9-10,19H2,1H3. The molecule has 5 heteroatoms. The van der Waals surface area contributed by atoms with Gasteiger partial charge in [0.25, 0.3) is 0 Å². The fraction of sp³-hybridized carbons (Fsp3) is 0.250. The van der Waals surface area contributed by atoms with Crippen LogP contribution < -0.4 is 11.3 Å². The lowest BCUT2D eigenvalue weighted by molar-refractivity contribution is 0.575. The summed E-state index contributed by atoms with van der Waals surface area (Å²) in [6.07, 6.45) is 0.745. The van der Waals surface area contributed by atoms with Gasteiger partial charge < -0.3 is 0 Å². The zero-order chi connectivity index (χ0) is 15.2. The number of nitrogens with one attached hydrogen (secondary N) is 1. The van der Waals surface area contributed by atoms with E-state index >= 15 is 0 Å². The Labute approximate surface area is 140 Å². The van der Waals surface area contributed by atoms with E-state index in [-0.39, 0.29) is 6.04 Å². The normalized spacial score (nSPS) is 12.4. The number of halogens is 2.